The number of hydrogen-bond acceptors (Lipinski definition) is 5. The van der Waals surface area contributed by atoms with Crippen LogP contribution in [-0.4, -0.2) is 58.4 Å². The topological polar surface area (TPSA) is 72.3 Å². The van der Waals surface area contributed by atoms with E-state index in [9.17, 15) is 4.79 Å². The second-order valence-electron chi connectivity index (χ2n) is 9.45. The van der Waals surface area contributed by atoms with E-state index in [-0.39, 0.29) is 23.9 Å². The standard InChI is InChI=1S/C26H35N5O2/c1-17(2)23-14-21(22-15-28-31(18(3)4)25(22)29-23)26(32)27-16-24(30-10-12-33-13-11-30)20-8-6-19(5)7-9-20/h6-9,14-15,17-18,24H,10-13,16H2,1-5H3,(H,27,32). The van der Waals surface area contributed by atoms with Crippen LogP contribution in [-0.2, 0) is 4.74 Å². The summed E-state index contributed by atoms with van der Waals surface area (Å²) >= 11 is 0. The third-order valence-corrected chi connectivity index (χ3v) is 6.32. The molecule has 0 saturated carbocycles. The first-order valence-corrected chi connectivity index (χ1v) is 11.9. The number of carbonyl (C=O) groups is 1. The Balaban J connectivity index is 1.62. The van der Waals surface area contributed by atoms with Crippen LogP contribution in [0.2, 0.25) is 0 Å². The van der Waals surface area contributed by atoms with Crippen molar-refractivity contribution >= 4 is 16.9 Å². The summed E-state index contributed by atoms with van der Waals surface area (Å²) in [4.78, 5) is 20.7. The van der Waals surface area contributed by atoms with Crippen molar-refractivity contribution in [3.05, 3.63) is 58.9 Å². The van der Waals surface area contributed by atoms with Crippen LogP contribution in [0.4, 0.5) is 0 Å². The lowest BCUT2D eigenvalue weighted by molar-refractivity contribution is 0.0162. The van der Waals surface area contributed by atoms with Crippen LogP contribution in [0.25, 0.3) is 11.0 Å². The number of ether oxygens (including phenoxy) is 1. The van der Waals surface area contributed by atoms with Gasteiger partial charge in [-0.05, 0) is 38.3 Å². The molecule has 7 nitrogen and oxygen atoms in total. The highest BCUT2D eigenvalue weighted by molar-refractivity contribution is 6.05. The van der Waals surface area contributed by atoms with E-state index in [2.05, 4.69) is 74.2 Å². The number of rotatable bonds is 7. The summed E-state index contributed by atoms with van der Waals surface area (Å²) in [5, 5.41) is 8.53. The van der Waals surface area contributed by atoms with Gasteiger partial charge in [0.25, 0.3) is 5.91 Å². The van der Waals surface area contributed by atoms with Gasteiger partial charge in [0, 0.05) is 31.4 Å². The Morgan fingerprint density at radius 2 is 1.82 bits per heavy atom. The van der Waals surface area contributed by atoms with Crippen LogP contribution in [0.5, 0.6) is 0 Å². The maximum Gasteiger partial charge on any atom is 0.252 e. The molecule has 3 heterocycles. The SMILES string of the molecule is Cc1ccc(C(CNC(=O)c2cc(C(C)C)nc3c2cnn3C(C)C)N2CCOCC2)cc1. The van der Waals surface area contributed by atoms with Crippen molar-refractivity contribution in [3.63, 3.8) is 0 Å². The molecule has 3 aromatic rings. The van der Waals surface area contributed by atoms with Crippen molar-refractivity contribution < 1.29 is 9.53 Å². The normalized spacial score (nSPS) is 16.0. The molecule has 176 valence electrons. The van der Waals surface area contributed by atoms with Crippen molar-refractivity contribution in [2.75, 3.05) is 32.8 Å². The largest absolute Gasteiger partial charge is 0.379 e. The first-order chi connectivity index (χ1) is 15.8. The molecule has 0 bridgehead atoms. The number of aryl methyl sites for hydroxylation is 1. The molecule has 33 heavy (non-hydrogen) atoms. The molecule has 0 spiro atoms. The predicted octanol–water partition coefficient (Wildman–Crippen LogP) is 4.25. The molecule has 1 N–H and O–H groups in total. The van der Waals surface area contributed by atoms with Gasteiger partial charge in [0.1, 0.15) is 0 Å². The first kappa shape index (κ1) is 23.4. The minimum atomic E-state index is -0.0852. The predicted molar refractivity (Wildman–Crippen MR) is 131 cm³/mol. The highest BCUT2D eigenvalue weighted by Crippen LogP contribution is 2.26. The molecule has 4 rings (SSSR count). The molecule has 1 atom stereocenters. The van der Waals surface area contributed by atoms with Gasteiger partial charge in [-0.3, -0.25) is 9.69 Å². The van der Waals surface area contributed by atoms with E-state index in [1.54, 1.807) is 6.20 Å². The maximum absolute atomic E-state index is 13.5. The molecule has 1 aromatic carbocycles. The lowest BCUT2D eigenvalue weighted by atomic mass is 10.0. The third-order valence-electron chi connectivity index (χ3n) is 6.32. The van der Waals surface area contributed by atoms with E-state index < -0.39 is 0 Å². The third kappa shape index (κ3) is 5.09. The Hall–Kier alpha value is -2.77. The Labute approximate surface area is 196 Å². The first-order valence-electron chi connectivity index (χ1n) is 11.9. The van der Waals surface area contributed by atoms with E-state index in [0.717, 1.165) is 29.8 Å². The zero-order valence-electron chi connectivity index (χ0n) is 20.3. The maximum atomic E-state index is 13.5. The average molecular weight is 450 g/mol. The van der Waals surface area contributed by atoms with Crippen molar-refractivity contribution in [2.24, 2.45) is 0 Å². The molecule has 0 aliphatic carbocycles. The molecule has 1 unspecified atom stereocenters. The lowest BCUT2D eigenvalue weighted by Gasteiger charge is -2.35. The Morgan fingerprint density at radius 1 is 1.12 bits per heavy atom. The fourth-order valence-corrected chi connectivity index (χ4v) is 4.32. The zero-order chi connectivity index (χ0) is 23.5. The van der Waals surface area contributed by atoms with Crippen LogP contribution >= 0.6 is 0 Å². The Morgan fingerprint density at radius 3 is 2.45 bits per heavy atom. The highest BCUT2D eigenvalue weighted by Gasteiger charge is 2.25. The number of nitrogens with zero attached hydrogens (tertiary/aromatic N) is 4. The van der Waals surface area contributed by atoms with Crippen molar-refractivity contribution in [3.8, 4) is 0 Å². The summed E-state index contributed by atoms with van der Waals surface area (Å²) in [7, 11) is 0. The smallest absolute Gasteiger partial charge is 0.252 e. The monoisotopic (exact) mass is 449 g/mol. The molecule has 7 heteroatoms. The molecule has 1 amide bonds. The minimum Gasteiger partial charge on any atom is -0.379 e. The van der Waals surface area contributed by atoms with Gasteiger partial charge >= 0.3 is 0 Å². The Kier molecular flexibility index (Phi) is 7.10. The number of amides is 1. The fourth-order valence-electron chi connectivity index (χ4n) is 4.32. The number of aromatic nitrogens is 3. The van der Waals surface area contributed by atoms with E-state index in [0.29, 0.717) is 25.3 Å². The number of pyridine rings is 1. The zero-order valence-corrected chi connectivity index (χ0v) is 20.3. The number of nitrogens with one attached hydrogen (secondary N) is 1. The summed E-state index contributed by atoms with van der Waals surface area (Å²) in [5.41, 5.74) is 4.74. The van der Waals surface area contributed by atoms with E-state index in [1.807, 2.05) is 10.7 Å². The summed E-state index contributed by atoms with van der Waals surface area (Å²) in [6.45, 7) is 14.1. The molecule has 1 aliphatic rings. The van der Waals surface area contributed by atoms with Gasteiger partial charge in [0.15, 0.2) is 5.65 Å². The number of morpholine rings is 1. The van der Waals surface area contributed by atoms with E-state index in [1.165, 1.54) is 11.1 Å². The second-order valence-corrected chi connectivity index (χ2v) is 9.45. The van der Waals surface area contributed by atoms with Crippen LogP contribution in [0.1, 0.15) is 72.9 Å². The summed E-state index contributed by atoms with van der Waals surface area (Å²) < 4.78 is 7.45. The fraction of sp³-hybridized carbons (Fsp3) is 0.500. The van der Waals surface area contributed by atoms with E-state index in [4.69, 9.17) is 9.72 Å². The second kappa shape index (κ2) is 10.0. The molecule has 1 fully saturated rings. The van der Waals surface area contributed by atoms with Crippen LogP contribution in [0, 0.1) is 6.92 Å². The van der Waals surface area contributed by atoms with Crippen molar-refractivity contribution in [1.82, 2.24) is 25.0 Å². The van der Waals surface area contributed by atoms with Crippen molar-refractivity contribution in [1.29, 1.82) is 0 Å². The van der Waals surface area contributed by atoms with Crippen LogP contribution < -0.4 is 5.32 Å². The van der Waals surface area contributed by atoms with Crippen molar-refractivity contribution in [2.45, 2.75) is 52.6 Å². The van der Waals surface area contributed by atoms with Gasteiger partial charge in [0.2, 0.25) is 0 Å². The summed E-state index contributed by atoms with van der Waals surface area (Å²) in [6, 6.07) is 10.8. The summed E-state index contributed by atoms with van der Waals surface area (Å²) in [5.74, 6) is 0.128. The summed E-state index contributed by atoms with van der Waals surface area (Å²) in [6.07, 6.45) is 1.76. The number of fused-ring (bicyclic) bond motifs is 1. The minimum absolute atomic E-state index is 0.0852. The van der Waals surface area contributed by atoms with Gasteiger partial charge in [-0.1, -0.05) is 43.7 Å². The van der Waals surface area contributed by atoms with Gasteiger partial charge in [-0.15, -0.1) is 0 Å². The number of hydrogen-bond donors (Lipinski definition) is 1. The van der Waals surface area contributed by atoms with E-state index >= 15 is 0 Å². The molecular weight excluding hydrogens is 414 g/mol. The van der Waals surface area contributed by atoms with Gasteiger partial charge in [-0.25, -0.2) is 9.67 Å². The number of carbonyl (C=O) groups excluding carboxylic acids is 1. The molecule has 1 aliphatic heterocycles. The lowest BCUT2D eigenvalue weighted by Crippen LogP contribution is -2.43. The van der Waals surface area contributed by atoms with Gasteiger partial charge in [0.05, 0.1) is 36.4 Å². The average Bonchev–Trinajstić information content (AvgIpc) is 3.24. The number of benzene rings is 1. The highest BCUT2D eigenvalue weighted by atomic mass is 16.5. The quantitative estimate of drug-likeness (QED) is 0.584. The van der Waals surface area contributed by atoms with Crippen LogP contribution in [0.3, 0.4) is 0 Å². The molecular formula is C26H35N5O2. The van der Waals surface area contributed by atoms with Crippen LogP contribution in [0.15, 0.2) is 36.5 Å². The Bertz CT molecular complexity index is 1100. The van der Waals surface area contributed by atoms with Gasteiger partial charge < -0.3 is 10.1 Å². The molecule has 1 saturated heterocycles. The van der Waals surface area contributed by atoms with Gasteiger partial charge in [-0.2, -0.15) is 5.10 Å². The molecule has 2 aromatic heterocycles. The molecule has 0 radical (unpaired) electrons.